The molecule has 0 heteroatoms. The van der Waals surface area contributed by atoms with Crippen molar-refractivity contribution in [2.45, 2.75) is 157 Å². The third-order valence-corrected chi connectivity index (χ3v) is 22.9. The van der Waals surface area contributed by atoms with Crippen molar-refractivity contribution in [3.63, 3.8) is 0 Å². The first kappa shape index (κ1) is 85.4. The molecule has 18 aromatic carbocycles. The fourth-order valence-corrected chi connectivity index (χ4v) is 15.8. The highest BCUT2D eigenvalue weighted by molar-refractivity contribution is 6.09. The van der Waals surface area contributed by atoms with Crippen LogP contribution in [0.2, 0.25) is 0 Å². The number of fused-ring (bicyclic) bond motifs is 7. The second-order valence-electron chi connectivity index (χ2n) is 38.2. The van der Waals surface area contributed by atoms with Gasteiger partial charge in [0.2, 0.25) is 0 Å². The molecule has 0 radical (unpaired) electrons. The molecule has 600 valence electrons. The van der Waals surface area contributed by atoms with Crippen LogP contribution < -0.4 is 0 Å². The van der Waals surface area contributed by atoms with Crippen molar-refractivity contribution in [1.29, 1.82) is 0 Å². The predicted octanol–water partition coefficient (Wildman–Crippen LogP) is 34.8. The quantitative estimate of drug-likeness (QED) is 0.146. The molecule has 18 aromatic rings. The lowest BCUT2D eigenvalue weighted by atomic mass is 9.82. The molecule has 0 aliphatic rings. The Bertz CT molecular complexity index is 6370. The summed E-state index contributed by atoms with van der Waals surface area (Å²) >= 11 is 0. The highest BCUT2D eigenvalue weighted by Crippen LogP contribution is 2.41. The number of hydrogen-bond donors (Lipinski definition) is 0. The van der Waals surface area contributed by atoms with Gasteiger partial charge in [-0.05, 0) is 222 Å². The molecule has 0 N–H and O–H groups in total. The molecule has 0 nitrogen and oxygen atoms in total. The van der Waals surface area contributed by atoms with Gasteiger partial charge in [-0.15, -0.1) is 0 Å². The highest BCUT2D eigenvalue weighted by Gasteiger charge is 2.22. The molecular weight excluding hydrogens is 1440 g/mol. The molecule has 0 amide bonds. The van der Waals surface area contributed by atoms with Gasteiger partial charge < -0.3 is 0 Å². The van der Waals surface area contributed by atoms with Gasteiger partial charge in [0.1, 0.15) is 0 Å². The third kappa shape index (κ3) is 21.3. The summed E-state index contributed by atoms with van der Waals surface area (Å²) in [7, 11) is 0. The lowest BCUT2D eigenvalue weighted by Crippen LogP contribution is -2.11. The average molecular weight is 1560 g/mol. The third-order valence-electron chi connectivity index (χ3n) is 22.9. The normalized spacial score (nSPS) is 11.8. The summed E-state index contributed by atoms with van der Waals surface area (Å²) in [5.74, 6) is 0. The van der Waals surface area contributed by atoms with Crippen molar-refractivity contribution in [2.75, 3.05) is 0 Å². The van der Waals surface area contributed by atoms with E-state index in [-0.39, 0.29) is 32.5 Å². The van der Waals surface area contributed by atoms with Crippen molar-refractivity contribution in [1.82, 2.24) is 0 Å². The Hall–Kier alpha value is -12.5. The molecule has 0 spiro atoms. The molecule has 0 aromatic heterocycles. The van der Waals surface area contributed by atoms with Crippen LogP contribution in [0.5, 0.6) is 0 Å². The summed E-state index contributed by atoms with van der Waals surface area (Å²) in [5, 5.41) is 16.0. The molecular formula is C120H120. The van der Waals surface area contributed by atoms with E-state index in [9.17, 15) is 0 Å². The Morgan fingerprint density at radius 2 is 0.442 bits per heavy atom. The van der Waals surface area contributed by atoms with E-state index in [1.54, 1.807) is 0 Å². The standard InChI is InChI=1S/C22H22.4C20H20.C18H18/c1-22(2,3)21-15-19(17-10-6-4-7-11-17)14-20(16-21)18-12-8-5-9-13-18;1-20(2,3)17-13-11-16(12-14-17)19-10-6-8-15-7-4-5-9-18(15)19;1-20(2,3)19-14-13-16(15-9-5-4-6-10-15)17-11-7-8-12-18(17)19;1-20(2,3)19-12-10-16(11-13-19)18-9-8-15-6-4-5-7-17(15)14-18;1-20(2,3)19-12-11-17-13-16(9-10-18(17)14-19)15-7-5-4-6-8-15;1-18(2,3)17-12-13-8-4-5-9-14(13)15-10-6-7-11-16(15)17/h4-16H,1-3H3;4*4-14H,1-3H3;4-12H,1-3H3. The Kier molecular flexibility index (Phi) is 26.2. The average Bonchev–Trinajstić information content (AvgIpc) is 0.764. The second-order valence-corrected chi connectivity index (χ2v) is 38.2. The van der Waals surface area contributed by atoms with E-state index >= 15 is 0 Å². The van der Waals surface area contributed by atoms with Crippen molar-refractivity contribution in [3.8, 4) is 66.8 Å². The highest BCUT2D eigenvalue weighted by atomic mass is 14.3. The fraction of sp³-hybridized carbons (Fsp3) is 0.200. The first-order chi connectivity index (χ1) is 57.3. The molecule has 0 aliphatic carbocycles. The van der Waals surface area contributed by atoms with E-state index in [0.717, 1.165) is 0 Å². The van der Waals surface area contributed by atoms with Crippen LogP contribution in [0.1, 0.15) is 158 Å². The largest absolute Gasteiger partial charge is 0.0622 e. The summed E-state index contributed by atoms with van der Waals surface area (Å²) in [6.07, 6.45) is 0. The summed E-state index contributed by atoms with van der Waals surface area (Å²) in [5.41, 5.74) is 24.8. The molecule has 0 saturated heterocycles. The minimum Gasteiger partial charge on any atom is -0.0622 e. The fourth-order valence-electron chi connectivity index (χ4n) is 15.8. The van der Waals surface area contributed by atoms with Crippen molar-refractivity contribution >= 4 is 64.6 Å². The zero-order chi connectivity index (χ0) is 85.0. The zero-order valence-electron chi connectivity index (χ0n) is 74.1. The minimum atomic E-state index is 0.133. The van der Waals surface area contributed by atoms with Gasteiger partial charge in [0, 0.05) is 0 Å². The van der Waals surface area contributed by atoms with Gasteiger partial charge in [-0.25, -0.2) is 0 Å². The smallest absolute Gasteiger partial charge is 0.0102 e. The zero-order valence-corrected chi connectivity index (χ0v) is 74.1. The molecule has 120 heavy (non-hydrogen) atoms. The van der Waals surface area contributed by atoms with Gasteiger partial charge in [0.05, 0.1) is 0 Å². The van der Waals surface area contributed by atoms with Crippen LogP contribution in [0.4, 0.5) is 0 Å². The molecule has 0 heterocycles. The summed E-state index contributed by atoms with van der Waals surface area (Å²) in [6.45, 7) is 40.7. The minimum absolute atomic E-state index is 0.133. The Morgan fingerprint density at radius 3 is 0.933 bits per heavy atom. The lowest BCUT2D eigenvalue weighted by molar-refractivity contribution is 0.590. The molecule has 18 rings (SSSR count). The first-order valence-corrected chi connectivity index (χ1v) is 42.9. The van der Waals surface area contributed by atoms with Gasteiger partial charge in [-0.3, -0.25) is 0 Å². The maximum Gasteiger partial charge on any atom is -0.0102 e. The van der Waals surface area contributed by atoms with Crippen molar-refractivity contribution in [2.24, 2.45) is 0 Å². The van der Waals surface area contributed by atoms with E-state index in [1.165, 1.54) is 165 Å². The van der Waals surface area contributed by atoms with Crippen LogP contribution in [-0.4, -0.2) is 0 Å². The summed E-state index contributed by atoms with van der Waals surface area (Å²) in [4.78, 5) is 0. The number of hydrogen-bond acceptors (Lipinski definition) is 0. The van der Waals surface area contributed by atoms with E-state index in [2.05, 4.69) is 525 Å². The molecule has 0 aliphatic heterocycles. The molecule has 0 bridgehead atoms. The van der Waals surface area contributed by atoms with Crippen LogP contribution in [0.25, 0.3) is 131 Å². The van der Waals surface area contributed by atoms with Crippen molar-refractivity contribution in [3.05, 3.63) is 434 Å². The van der Waals surface area contributed by atoms with E-state index in [0.29, 0.717) is 0 Å². The van der Waals surface area contributed by atoms with Gasteiger partial charge in [0.25, 0.3) is 0 Å². The second kappa shape index (κ2) is 36.8. The van der Waals surface area contributed by atoms with Crippen LogP contribution in [0, 0.1) is 0 Å². The number of rotatable bonds is 6. The van der Waals surface area contributed by atoms with Crippen molar-refractivity contribution < 1.29 is 0 Å². The molecule has 0 saturated carbocycles. The Labute approximate surface area is 717 Å². The van der Waals surface area contributed by atoms with Gasteiger partial charge in [0.15, 0.2) is 0 Å². The Balaban J connectivity index is 0.000000125. The van der Waals surface area contributed by atoms with Gasteiger partial charge in [-0.2, -0.15) is 0 Å². The number of benzene rings is 18. The maximum absolute atomic E-state index is 2.34. The Morgan fingerprint density at radius 1 is 0.125 bits per heavy atom. The van der Waals surface area contributed by atoms with Crippen LogP contribution >= 0.6 is 0 Å². The van der Waals surface area contributed by atoms with Crippen LogP contribution in [-0.2, 0) is 32.5 Å². The molecule has 0 atom stereocenters. The summed E-state index contributed by atoms with van der Waals surface area (Å²) in [6, 6.07) is 144. The monoisotopic (exact) mass is 1560 g/mol. The van der Waals surface area contributed by atoms with Crippen LogP contribution in [0.15, 0.2) is 400 Å². The van der Waals surface area contributed by atoms with E-state index in [4.69, 9.17) is 0 Å². The first-order valence-electron chi connectivity index (χ1n) is 42.9. The SMILES string of the molecule is CC(C)(C)c1cc(-c2ccccc2)cc(-c2ccccc2)c1.CC(C)(C)c1cc2ccccc2c2ccccc12.CC(C)(C)c1ccc(-c2ccc3ccccc3c2)cc1.CC(C)(C)c1ccc(-c2cccc3ccccc23)cc1.CC(C)(C)c1ccc(-c2ccccc2)c2ccccc12.CC(C)(C)c1ccc2cc(-c3ccccc3)ccc2c1. The van der Waals surface area contributed by atoms with E-state index < -0.39 is 0 Å². The molecule has 0 unspecified atom stereocenters. The van der Waals surface area contributed by atoms with Gasteiger partial charge >= 0.3 is 0 Å². The lowest BCUT2D eigenvalue weighted by Gasteiger charge is -2.22. The summed E-state index contributed by atoms with van der Waals surface area (Å²) < 4.78 is 0. The topological polar surface area (TPSA) is 0 Å². The van der Waals surface area contributed by atoms with E-state index in [1.807, 2.05) is 0 Å². The van der Waals surface area contributed by atoms with Crippen LogP contribution in [0.3, 0.4) is 0 Å². The predicted molar refractivity (Wildman–Crippen MR) is 529 cm³/mol. The van der Waals surface area contributed by atoms with Gasteiger partial charge in [-0.1, -0.05) is 501 Å². The maximum atomic E-state index is 2.34. The molecule has 0 fully saturated rings.